The number of anilines is 1. The maximum absolute atomic E-state index is 12.0. The quantitative estimate of drug-likeness (QED) is 0.833. The number of hydrogen-bond donors (Lipinski definition) is 1. The number of sulfonamides is 1. The van der Waals surface area contributed by atoms with Gasteiger partial charge in [-0.05, 0) is 38.8 Å². The molecule has 0 atom stereocenters. The van der Waals surface area contributed by atoms with E-state index in [4.69, 9.17) is 0 Å². The first-order valence-corrected chi connectivity index (χ1v) is 9.31. The van der Waals surface area contributed by atoms with E-state index < -0.39 is 15.4 Å². The van der Waals surface area contributed by atoms with Crippen LogP contribution in [0.2, 0.25) is 0 Å². The minimum atomic E-state index is -3.38. The zero-order chi connectivity index (χ0) is 17.1. The SMILES string of the molecule is CCS(=O)(=O)Nc1ccccc1C1(CC#N)C=C(C)CC(C)=C1. The van der Waals surface area contributed by atoms with Gasteiger partial charge in [-0.2, -0.15) is 5.26 Å². The Morgan fingerprint density at radius 2 is 1.83 bits per heavy atom. The molecule has 0 heterocycles. The number of para-hydroxylation sites is 1. The topological polar surface area (TPSA) is 70.0 Å². The lowest BCUT2D eigenvalue weighted by atomic mass is 9.71. The van der Waals surface area contributed by atoms with Crippen molar-refractivity contribution in [2.45, 2.75) is 39.0 Å². The van der Waals surface area contributed by atoms with E-state index in [0.717, 1.165) is 12.0 Å². The normalized spacial score (nSPS) is 17.0. The number of nitrogens with zero attached hydrogens (tertiary/aromatic N) is 1. The molecule has 1 aromatic carbocycles. The predicted molar refractivity (Wildman–Crippen MR) is 93.6 cm³/mol. The Hall–Kier alpha value is -2.06. The van der Waals surface area contributed by atoms with Crippen LogP contribution >= 0.6 is 0 Å². The summed E-state index contributed by atoms with van der Waals surface area (Å²) < 4.78 is 26.6. The molecular formula is C18H22N2O2S. The van der Waals surface area contributed by atoms with Gasteiger partial charge in [-0.25, -0.2) is 8.42 Å². The van der Waals surface area contributed by atoms with Gasteiger partial charge >= 0.3 is 0 Å². The first kappa shape index (κ1) is 17.3. The Morgan fingerprint density at radius 3 is 2.39 bits per heavy atom. The van der Waals surface area contributed by atoms with Gasteiger partial charge in [0.1, 0.15) is 0 Å². The zero-order valence-corrected chi connectivity index (χ0v) is 14.6. The molecule has 5 heteroatoms. The van der Waals surface area contributed by atoms with Gasteiger partial charge in [0.05, 0.1) is 23.9 Å². The highest BCUT2D eigenvalue weighted by molar-refractivity contribution is 7.92. The number of rotatable bonds is 5. The van der Waals surface area contributed by atoms with Crippen molar-refractivity contribution in [3.8, 4) is 6.07 Å². The average Bonchev–Trinajstić information content (AvgIpc) is 2.46. The highest BCUT2D eigenvalue weighted by Crippen LogP contribution is 2.41. The average molecular weight is 330 g/mol. The van der Waals surface area contributed by atoms with Crippen molar-refractivity contribution in [1.29, 1.82) is 5.26 Å². The van der Waals surface area contributed by atoms with Crippen LogP contribution in [0.15, 0.2) is 47.6 Å². The molecule has 0 aliphatic heterocycles. The van der Waals surface area contributed by atoms with Crippen LogP contribution in [0.25, 0.3) is 0 Å². The van der Waals surface area contributed by atoms with E-state index in [-0.39, 0.29) is 12.2 Å². The molecule has 1 aliphatic carbocycles. The van der Waals surface area contributed by atoms with E-state index in [1.807, 2.05) is 26.0 Å². The molecule has 0 saturated carbocycles. The molecule has 1 aromatic rings. The molecule has 122 valence electrons. The van der Waals surface area contributed by atoms with Crippen LogP contribution in [-0.4, -0.2) is 14.2 Å². The molecular weight excluding hydrogens is 308 g/mol. The predicted octanol–water partition coefficient (Wildman–Crippen LogP) is 3.90. The van der Waals surface area contributed by atoms with E-state index >= 15 is 0 Å². The molecule has 23 heavy (non-hydrogen) atoms. The van der Waals surface area contributed by atoms with E-state index in [1.165, 1.54) is 11.1 Å². The summed E-state index contributed by atoms with van der Waals surface area (Å²) in [5, 5.41) is 9.34. The van der Waals surface area contributed by atoms with E-state index in [1.54, 1.807) is 19.1 Å². The first-order chi connectivity index (χ1) is 10.8. The lowest BCUT2D eigenvalue weighted by Gasteiger charge is -2.32. The first-order valence-electron chi connectivity index (χ1n) is 7.65. The summed E-state index contributed by atoms with van der Waals surface area (Å²) in [4.78, 5) is 0. The molecule has 2 rings (SSSR count). The molecule has 0 fully saturated rings. The molecule has 0 unspecified atom stereocenters. The molecule has 0 aromatic heterocycles. The second-order valence-electron chi connectivity index (χ2n) is 6.08. The molecule has 0 spiro atoms. The minimum absolute atomic E-state index is 0.0102. The van der Waals surface area contributed by atoms with Gasteiger partial charge in [-0.15, -0.1) is 0 Å². The van der Waals surface area contributed by atoms with Gasteiger partial charge in [0.25, 0.3) is 0 Å². The van der Waals surface area contributed by atoms with Crippen LogP contribution in [0.1, 0.15) is 39.2 Å². The lowest BCUT2D eigenvalue weighted by Crippen LogP contribution is -2.26. The standard InChI is InChI=1S/C18H22N2O2S/c1-4-23(21,22)20-17-8-6-5-7-16(17)18(9-10-19)12-14(2)11-15(3)13-18/h5-8,12-13,20H,4,9,11H2,1-3H3. The van der Waals surface area contributed by atoms with Gasteiger partial charge in [0.15, 0.2) is 0 Å². The van der Waals surface area contributed by atoms with E-state index in [2.05, 4.69) is 22.9 Å². The van der Waals surface area contributed by atoms with Crippen molar-refractivity contribution < 1.29 is 8.42 Å². The van der Waals surface area contributed by atoms with E-state index in [9.17, 15) is 13.7 Å². The third-order valence-electron chi connectivity index (χ3n) is 4.01. The van der Waals surface area contributed by atoms with Crippen LogP contribution in [0.3, 0.4) is 0 Å². The van der Waals surface area contributed by atoms with Crippen LogP contribution in [0.5, 0.6) is 0 Å². The Morgan fingerprint density at radius 1 is 1.22 bits per heavy atom. The summed E-state index contributed by atoms with van der Waals surface area (Å²) in [6.07, 6.45) is 5.33. The lowest BCUT2D eigenvalue weighted by molar-refractivity contribution is 0.602. The van der Waals surface area contributed by atoms with Gasteiger partial charge in [-0.1, -0.05) is 41.5 Å². The Balaban J connectivity index is 2.63. The molecule has 1 N–H and O–H groups in total. The largest absolute Gasteiger partial charge is 0.283 e. The summed E-state index contributed by atoms with van der Waals surface area (Å²) >= 11 is 0. The van der Waals surface area contributed by atoms with Crippen LogP contribution in [-0.2, 0) is 15.4 Å². The second kappa shape index (κ2) is 6.59. The number of allylic oxidation sites excluding steroid dienone is 4. The van der Waals surface area contributed by atoms with Crippen molar-refractivity contribution >= 4 is 15.7 Å². The van der Waals surface area contributed by atoms with Crippen molar-refractivity contribution in [1.82, 2.24) is 0 Å². The van der Waals surface area contributed by atoms with Crippen molar-refractivity contribution in [3.05, 3.63) is 53.1 Å². The smallest absolute Gasteiger partial charge is 0.232 e. The van der Waals surface area contributed by atoms with E-state index in [0.29, 0.717) is 5.69 Å². The Bertz CT molecular complexity index is 781. The molecule has 0 radical (unpaired) electrons. The molecule has 0 saturated heterocycles. The van der Waals surface area contributed by atoms with Crippen LogP contribution < -0.4 is 4.72 Å². The highest BCUT2D eigenvalue weighted by atomic mass is 32.2. The molecule has 4 nitrogen and oxygen atoms in total. The second-order valence-corrected chi connectivity index (χ2v) is 8.10. The van der Waals surface area contributed by atoms with Crippen molar-refractivity contribution in [2.24, 2.45) is 0 Å². The fraction of sp³-hybridized carbons (Fsp3) is 0.389. The molecule has 1 aliphatic rings. The minimum Gasteiger partial charge on any atom is -0.283 e. The number of hydrogen-bond acceptors (Lipinski definition) is 3. The zero-order valence-electron chi connectivity index (χ0n) is 13.8. The summed E-state index contributed by atoms with van der Waals surface area (Å²) in [5.74, 6) is 0.0102. The summed E-state index contributed by atoms with van der Waals surface area (Å²) in [6.45, 7) is 5.69. The molecule has 0 bridgehead atoms. The monoisotopic (exact) mass is 330 g/mol. The number of nitrogens with one attached hydrogen (secondary N) is 1. The Labute approximate surface area is 138 Å². The van der Waals surface area contributed by atoms with Gasteiger partial charge in [0, 0.05) is 5.41 Å². The highest BCUT2D eigenvalue weighted by Gasteiger charge is 2.33. The van der Waals surface area contributed by atoms with Gasteiger partial charge in [-0.3, -0.25) is 4.72 Å². The molecule has 0 amide bonds. The number of benzene rings is 1. The van der Waals surface area contributed by atoms with Crippen molar-refractivity contribution in [2.75, 3.05) is 10.5 Å². The third kappa shape index (κ3) is 3.83. The third-order valence-corrected chi connectivity index (χ3v) is 5.30. The van der Waals surface area contributed by atoms with Gasteiger partial charge < -0.3 is 0 Å². The van der Waals surface area contributed by atoms with Crippen LogP contribution in [0.4, 0.5) is 5.69 Å². The summed E-state index contributed by atoms with van der Waals surface area (Å²) in [7, 11) is -3.38. The maximum atomic E-state index is 12.0. The maximum Gasteiger partial charge on any atom is 0.232 e. The summed E-state index contributed by atoms with van der Waals surface area (Å²) in [6, 6.07) is 9.57. The van der Waals surface area contributed by atoms with Gasteiger partial charge in [0.2, 0.25) is 10.0 Å². The summed E-state index contributed by atoms with van der Waals surface area (Å²) in [5.41, 5.74) is 3.15. The van der Waals surface area contributed by atoms with Crippen molar-refractivity contribution in [3.63, 3.8) is 0 Å². The number of nitriles is 1. The fourth-order valence-electron chi connectivity index (χ4n) is 3.16. The fourth-order valence-corrected chi connectivity index (χ4v) is 3.82. The van der Waals surface area contributed by atoms with Crippen LogP contribution in [0, 0.1) is 11.3 Å². The Kier molecular flexibility index (Phi) is 4.96.